The minimum absolute atomic E-state index is 0. The first-order valence-electron chi connectivity index (χ1n) is 7.70. The quantitative estimate of drug-likeness (QED) is 0.870. The largest absolute Gasteiger partial charge is 0.384 e. The molecule has 6 heteroatoms. The smallest absolute Gasteiger partial charge is 0.238 e. The van der Waals surface area contributed by atoms with E-state index >= 15 is 0 Å². The van der Waals surface area contributed by atoms with Crippen LogP contribution in [0.25, 0.3) is 0 Å². The van der Waals surface area contributed by atoms with Gasteiger partial charge >= 0.3 is 0 Å². The number of para-hydroxylation sites is 1. The molecule has 0 aliphatic carbocycles. The molecule has 0 atom stereocenters. The number of rotatable bonds is 5. The van der Waals surface area contributed by atoms with Gasteiger partial charge in [0, 0.05) is 24.5 Å². The number of carbonyl (C=O) groups excluding carboxylic acids is 1. The molecule has 0 radical (unpaired) electrons. The molecule has 0 saturated carbocycles. The molecule has 2 aromatic rings. The molecule has 0 unspecified atom stereocenters. The van der Waals surface area contributed by atoms with Crippen LogP contribution in [0.2, 0.25) is 0 Å². The SMILES string of the molecule is CN(CC(=O)Nc1cccc(F)c1)Cc1cccc2c1NCC2.Cl. The number of nitrogens with zero attached hydrogens (tertiary/aromatic N) is 1. The van der Waals surface area contributed by atoms with Crippen LogP contribution in [0.5, 0.6) is 0 Å². The standard InChI is InChI=1S/C18H20FN3O.ClH/c1-22(11-14-5-2-4-13-8-9-20-18(13)14)12-17(23)21-16-7-3-6-15(19)10-16;/h2-7,10,20H,8-9,11-12H2,1H3,(H,21,23);1H. The fraction of sp³-hybridized carbons (Fsp3) is 0.278. The van der Waals surface area contributed by atoms with E-state index in [1.54, 1.807) is 12.1 Å². The van der Waals surface area contributed by atoms with Crippen LogP contribution in [0.15, 0.2) is 42.5 Å². The minimum atomic E-state index is -0.359. The second-order valence-electron chi connectivity index (χ2n) is 5.86. The molecule has 24 heavy (non-hydrogen) atoms. The van der Waals surface area contributed by atoms with Crippen molar-refractivity contribution in [1.82, 2.24) is 4.90 Å². The number of benzene rings is 2. The summed E-state index contributed by atoms with van der Waals surface area (Å²) in [6, 6.07) is 12.2. The van der Waals surface area contributed by atoms with Crippen LogP contribution in [0, 0.1) is 5.82 Å². The molecule has 0 fully saturated rings. The van der Waals surface area contributed by atoms with E-state index in [-0.39, 0.29) is 30.7 Å². The third kappa shape index (κ3) is 4.46. The van der Waals surface area contributed by atoms with Crippen molar-refractivity contribution in [3.8, 4) is 0 Å². The van der Waals surface area contributed by atoms with Crippen molar-refractivity contribution in [2.45, 2.75) is 13.0 Å². The number of amides is 1. The molecule has 0 aromatic heterocycles. The lowest BCUT2D eigenvalue weighted by molar-refractivity contribution is -0.117. The third-order valence-electron chi connectivity index (χ3n) is 3.90. The molecular weight excluding hydrogens is 329 g/mol. The molecule has 1 heterocycles. The minimum Gasteiger partial charge on any atom is -0.384 e. The summed E-state index contributed by atoms with van der Waals surface area (Å²) in [4.78, 5) is 14.0. The molecule has 2 aromatic carbocycles. The van der Waals surface area contributed by atoms with Gasteiger partial charge < -0.3 is 10.6 Å². The fourth-order valence-corrected chi connectivity index (χ4v) is 2.90. The maximum atomic E-state index is 13.1. The molecular formula is C18H21ClFN3O. The monoisotopic (exact) mass is 349 g/mol. The van der Waals surface area contributed by atoms with E-state index < -0.39 is 0 Å². The Morgan fingerprint density at radius 2 is 2.08 bits per heavy atom. The van der Waals surface area contributed by atoms with Crippen molar-refractivity contribution in [3.63, 3.8) is 0 Å². The summed E-state index contributed by atoms with van der Waals surface area (Å²) in [5.41, 5.74) is 4.21. The summed E-state index contributed by atoms with van der Waals surface area (Å²) in [5.74, 6) is -0.513. The van der Waals surface area contributed by atoms with E-state index in [0.29, 0.717) is 12.2 Å². The Labute approximate surface area is 147 Å². The van der Waals surface area contributed by atoms with Crippen molar-refractivity contribution < 1.29 is 9.18 Å². The van der Waals surface area contributed by atoms with Gasteiger partial charge in [-0.3, -0.25) is 9.69 Å². The van der Waals surface area contributed by atoms with E-state index in [0.717, 1.165) is 13.0 Å². The normalized spacial score (nSPS) is 12.3. The van der Waals surface area contributed by atoms with E-state index in [2.05, 4.69) is 28.8 Å². The van der Waals surface area contributed by atoms with Crippen LogP contribution < -0.4 is 10.6 Å². The Hall–Kier alpha value is -2.11. The molecule has 1 amide bonds. The molecule has 2 N–H and O–H groups in total. The summed E-state index contributed by atoms with van der Waals surface area (Å²) in [6.07, 6.45) is 1.05. The maximum Gasteiger partial charge on any atom is 0.238 e. The molecule has 0 spiro atoms. The number of nitrogens with one attached hydrogen (secondary N) is 2. The maximum absolute atomic E-state index is 13.1. The van der Waals surface area contributed by atoms with Gasteiger partial charge in [-0.1, -0.05) is 24.3 Å². The van der Waals surface area contributed by atoms with Crippen LogP contribution in [0.3, 0.4) is 0 Å². The average Bonchev–Trinajstić information content (AvgIpc) is 2.96. The Kier molecular flexibility index (Phi) is 6.17. The van der Waals surface area contributed by atoms with Gasteiger partial charge in [0.1, 0.15) is 5.82 Å². The van der Waals surface area contributed by atoms with Gasteiger partial charge in [-0.15, -0.1) is 12.4 Å². The van der Waals surface area contributed by atoms with E-state index in [1.807, 2.05) is 11.9 Å². The van der Waals surface area contributed by atoms with Crippen LogP contribution >= 0.6 is 12.4 Å². The highest BCUT2D eigenvalue weighted by atomic mass is 35.5. The zero-order valence-corrected chi connectivity index (χ0v) is 14.3. The highest BCUT2D eigenvalue weighted by Gasteiger charge is 2.15. The fourth-order valence-electron chi connectivity index (χ4n) is 2.90. The Morgan fingerprint density at radius 3 is 2.88 bits per heavy atom. The first-order valence-corrected chi connectivity index (χ1v) is 7.70. The van der Waals surface area contributed by atoms with Gasteiger partial charge in [0.2, 0.25) is 5.91 Å². The first kappa shape index (κ1) is 18.2. The number of anilines is 2. The molecule has 4 nitrogen and oxygen atoms in total. The van der Waals surface area contributed by atoms with Crippen LogP contribution in [0.1, 0.15) is 11.1 Å². The molecule has 128 valence electrons. The highest BCUT2D eigenvalue weighted by Crippen LogP contribution is 2.27. The zero-order valence-electron chi connectivity index (χ0n) is 13.5. The molecule has 1 aliphatic heterocycles. The summed E-state index contributed by atoms with van der Waals surface area (Å²) in [7, 11) is 1.90. The number of halogens is 2. The number of likely N-dealkylation sites (N-methyl/N-ethyl adjacent to an activating group) is 1. The number of fused-ring (bicyclic) bond motifs is 1. The predicted octanol–water partition coefficient (Wildman–Crippen LogP) is 3.29. The van der Waals surface area contributed by atoms with E-state index in [9.17, 15) is 9.18 Å². The number of hydrogen-bond acceptors (Lipinski definition) is 3. The first-order chi connectivity index (χ1) is 11.1. The lowest BCUT2D eigenvalue weighted by atomic mass is 10.1. The van der Waals surface area contributed by atoms with Crippen molar-refractivity contribution in [1.29, 1.82) is 0 Å². The molecule has 1 aliphatic rings. The summed E-state index contributed by atoms with van der Waals surface area (Å²) < 4.78 is 13.1. The van der Waals surface area contributed by atoms with Crippen molar-refractivity contribution in [2.75, 3.05) is 30.8 Å². The molecule has 3 rings (SSSR count). The van der Waals surface area contributed by atoms with Crippen LogP contribution in [-0.4, -0.2) is 30.9 Å². The summed E-state index contributed by atoms with van der Waals surface area (Å²) in [5, 5.41) is 6.12. The van der Waals surface area contributed by atoms with Crippen molar-refractivity contribution >= 4 is 29.7 Å². The highest BCUT2D eigenvalue weighted by molar-refractivity contribution is 5.92. The number of hydrogen-bond donors (Lipinski definition) is 2. The van der Waals surface area contributed by atoms with Gasteiger partial charge in [0.05, 0.1) is 6.54 Å². The second-order valence-corrected chi connectivity index (χ2v) is 5.86. The Morgan fingerprint density at radius 1 is 1.29 bits per heavy atom. The summed E-state index contributed by atoms with van der Waals surface area (Å²) >= 11 is 0. The van der Waals surface area contributed by atoms with Gasteiger partial charge in [-0.05, 0) is 42.8 Å². The average molecular weight is 350 g/mol. The number of carbonyl (C=O) groups is 1. The zero-order chi connectivity index (χ0) is 16.2. The van der Waals surface area contributed by atoms with Gasteiger partial charge in [-0.25, -0.2) is 4.39 Å². The van der Waals surface area contributed by atoms with Gasteiger partial charge in [0.25, 0.3) is 0 Å². The Balaban J connectivity index is 0.00000208. The Bertz CT molecular complexity index is 723. The lowest BCUT2D eigenvalue weighted by Gasteiger charge is -2.18. The topological polar surface area (TPSA) is 44.4 Å². The second kappa shape index (κ2) is 8.13. The third-order valence-corrected chi connectivity index (χ3v) is 3.90. The van der Waals surface area contributed by atoms with Crippen LogP contribution in [-0.2, 0) is 17.8 Å². The summed E-state index contributed by atoms with van der Waals surface area (Å²) in [6.45, 7) is 1.91. The lowest BCUT2D eigenvalue weighted by Crippen LogP contribution is -2.30. The van der Waals surface area contributed by atoms with Crippen molar-refractivity contribution in [2.24, 2.45) is 0 Å². The van der Waals surface area contributed by atoms with Crippen LogP contribution in [0.4, 0.5) is 15.8 Å². The molecule has 0 bridgehead atoms. The van der Waals surface area contributed by atoms with Gasteiger partial charge in [0.15, 0.2) is 0 Å². The van der Waals surface area contributed by atoms with E-state index in [1.165, 1.54) is 28.9 Å². The van der Waals surface area contributed by atoms with Gasteiger partial charge in [-0.2, -0.15) is 0 Å². The molecule has 0 saturated heterocycles. The van der Waals surface area contributed by atoms with Crippen molar-refractivity contribution in [3.05, 3.63) is 59.4 Å². The van der Waals surface area contributed by atoms with E-state index in [4.69, 9.17) is 0 Å². The predicted molar refractivity (Wildman–Crippen MR) is 97.2 cm³/mol.